The van der Waals surface area contributed by atoms with Gasteiger partial charge < -0.3 is 10.6 Å². The first-order valence-electron chi connectivity index (χ1n) is 8.32. The SMILES string of the molecule is C[C@]1(c2cc(F)ccc2F)NC(=O)N(CC(=O)NCc2ccccc2F)C1=O. The number of hydrogen-bond acceptors (Lipinski definition) is 3. The zero-order valence-electron chi connectivity index (χ0n) is 14.8. The molecule has 28 heavy (non-hydrogen) atoms. The predicted molar refractivity (Wildman–Crippen MR) is 92.2 cm³/mol. The largest absolute Gasteiger partial charge is 0.350 e. The molecule has 2 aromatic carbocycles. The first-order chi connectivity index (χ1) is 13.2. The van der Waals surface area contributed by atoms with Crippen LogP contribution in [0.5, 0.6) is 0 Å². The normalized spacial score (nSPS) is 18.9. The topological polar surface area (TPSA) is 78.5 Å². The fraction of sp³-hybridized carbons (Fsp3) is 0.211. The van der Waals surface area contributed by atoms with E-state index in [1.807, 2.05) is 0 Å². The Labute approximate surface area is 158 Å². The molecule has 2 aromatic rings. The van der Waals surface area contributed by atoms with Crippen LogP contribution in [0.15, 0.2) is 42.5 Å². The average Bonchev–Trinajstić information content (AvgIpc) is 2.87. The maximum atomic E-state index is 14.1. The predicted octanol–water partition coefficient (Wildman–Crippen LogP) is 2.19. The number of amides is 4. The number of rotatable bonds is 5. The van der Waals surface area contributed by atoms with Crippen LogP contribution in [-0.4, -0.2) is 29.3 Å². The summed E-state index contributed by atoms with van der Waals surface area (Å²) in [5.41, 5.74) is -1.96. The second-order valence-corrected chi connectivity index (χ2v) is 6.44. The molecule has 4 amide bonds. The lowest BCUT2D eigenvalue weighted by atomic mass is 9.91. The monoisotopic (exact) mass is 391 g/mol. The van der Waals surface area contributed by atoms with E-state index >= 15 is 0 Å². The second kappa shape index (κ2) is 7.34. The van der Waals surface area contributed by atoms with Crippen molar-refractivity contribution in [3.05, 3.63) is 71.0 Å². The van der Waals surface area contributed by atoms with Gasteiger partial charge >= 0.3 is 6.03 Å². The molecular weight excluding hydrogens is 375 g/mol. The van der Waals surface area contributed by atoms with Crippen molar-refractivity contribution in [3.63, 3.8) is 0 Å². The maximum Gasteiger partial charge on any atom is 0.325 e. The van der Waals surface area contributed by atoms with Crippen LogP contribution < -0.4 is 10.6 Å². The summed E-state index contributed by atoms with van der Waals surface area (Å²) < 4.78 is 41.2. The van der Waals surface area contributed by atoms with Crippen molar-refractivity contribution in [2.75, 3.05) is 6.54 Å². The standard InChI is InChI=1S/C19H16F3N3O3/c1-19(13-8-12(20)6-7-15(13)22)17(27)25(18(28)24-19)10-16(26)23-9-11-4-2-3-5-14(11)21/h2-8H,9-10H2,1H3,(H,23,26)(H,24,28)/t19-/m1/s1. The molecule has 2 N–H and O–H groups in total. The Morgan fingerprint density at radius 1 is 1.11 bits per heavy atom. The average molecular weight is 391 g/mol. The zero-order chi connectivity index (χ0) is 20.5. The van der Waals surface area contributed by atoms with E-state index in [-0.39, 0.29) is 17.7 Å². The highest BCUT2D eigenvalue weighted by Gasteiger charge is 2.50. The Balaban J connectivity index is 1.72. The number of hydrogen-bond donors (Lipinski definition) is 2. The number of carbonyl (C=O) groups is 3. The van der Waals surface area contributed by atoms with Gasteiger partial charge in [0.1, 0.15) is 29.5 Å². The molecule has 0 radical (unpaired) electrons. The molecule has 3 rings (SSSR count). The molecule has 1 fully saturated rings. The summed E-state index contributed by atoms with van der Waals surface area (Å²) in [4.78, 5) is 37.6. The van der Waals surface area contributed by atoms with Gasteiger partial charge in [-0.2, -0.15) is 0 Å². The van der Waals surface area contributed by atoms with E-state index in [0.29, 0.717) is 4.90 Å². The molecular formula is C19H16F3N3O3. The smallest absolute Gasteiger partial charge is 0.325 e. The van der Waals surface area contributed by atoms with E-state index in [1.54, 1.807) is 6.07 Å². The zero-order valence-corrected chi connectivity index (χ0v) is 14.8. The Hall–Kier alpha value is -3.36. The van der Waals surface area contributed by atoms with Gasteiger partial charge in [-0.1, -0.05) is 18.2 Å². The van der Waals surface area contributed by atoms with Crippen LogP contribution in [0, 0.1) is 17.5 Å². The summed E-state index contributed by atoms with van der Waals surface area (Å²) in [5, 5.41) is 4.70. The Morgan fingerprint density at radius 3 is 2.54 bits per heavy atom. The fourth-order valence-corrected chi connectivity index (χ4v) is 2.94. The van der Waals surface area contributed by atoms with Crippen LogP contribution in [0.25, 0.3) is 0 Å². The highest BCUT2D eigenvalue weighted by atomic mass is 19.1. The van der Waals surface area contributed by atoms with Crippen LogP contribution in [0.1, 0.15) is 18.1 Å². The van der Waals surface area contributed by atoms with Gasteiger partial charge in [0.05, 0.1) is 0 Å². The van der Waals surface area contributed by atoms with Gasteiger partial charge in [-0.25, -0.2) is 18.0 Å². The fourth-order valence-electron chi connectivity index (χ4n) is 2.94. The summed E-state index contributed by atoms with van der Waals surface area (Å²) in [5.74, 6) is -3.77. The molecule has 0 aliphatic carbocycles. The van der Waals surface area contributed by atoms with E-state index in [0.717, 1.165) is 18.2 Å². The third-order valence-electron chi connectivity index (χ3n) is 4.48. The first-order valence-corrected chi connectivity index (χ1v) is 8.32. The van der Waals surface area contributed by atoms with Gasteiger partial charge in [-0.3, -0.25) is 14.5 Å². The molecule has 6 nitrogen and oxygen atoms in total. The summed E-state index contributed by atoms with van der Waals surface area (Å²) in [6.07, 6.45) is 0. The van der Waals surface area contributed by atoms with Crippen LogP contribution in [0.2, 0.25) is 0 Å². The van der Waals surface area contributed by atoms with Crippen LogP contribution in [-0.2, 0) is 21.7 Å². The lowest BCUT2D eigenvalue weighted by molar-refractivity contribution is -0.134. The Morgan fingerprint density at radius 2 is 1.82 bits per heavy atom. The third kappa shape index (κ3) is 3.55. The van der Waals surface area contributed by atoms with Crippen molar-refractivity contribution in [2.45, 2.75) is 19.0 Å². The number of nitrogens with zero attached hydrogens (tertiary/aromatic N) is 1. The van der Waals surface area contributed by atoms with E-state index in [9.17, 15) is 27.6 Å². The molecule has 0 aromatic heterocycles. The molecule has 0 bridgehead atoms. The molecule has 1 saturated heterocycles. The molecule has 9 heteroatoms. The molecule has 0 unspecified atom stereocenters. The van der Waals surface area contributed by atoms with Gasteiger partial charge in [0, 0.05) is 17.7 Å². The summed E-state index contributed by atoms with van der Waals surface area (Å²) >= 11 is 0. The number of carbonyl (C=O) groups excluding carboxylic acids is 3. The molecule has 1 heterocycles. The summed E-state index contributed by atoms with van der Waals surface area (Å²) in [6, 6.07) is 7.44. The Bertz CT molecular complexity index is 966. The summed E-state index contributed by atoms with van der Waals surface area (Å²) in [6.45, 7) is 0.443. The van der Waals surface area contributed by atoms with Crippen molar-refractivity contribution in [2.24, 2.45) is 0 Å². The van der Waals surface area contributed by atoms with Crippen molar-refractivity contribution < 1.29 is 27.6 Å². The third-order valence-corrected chi connectivity index (χ3v) is 4.48. The van der Waals surface area contributed by atoms with E-state index in [2.05, 4.69) is 10.6 Å². The van der Waals surface area contributed by atoms with E-state index < -0.39 is 47.4 Å². The molecule has 1 atom stereocenters. The Kier molecular flexibility index (Phi) is 5.08. The number of imide groups is 1. The maximum absolute atomic E-state index is 14.1. The molecule has 0 saturated carbocycles. The van der Waals surface area contributed by atoms with Gasteiger partial charge in [-0.05, 0) is 31.2 Å². The van der Waals surface area contributed by atoms with Gasteiger partial charge in [0.15, 0.2) is 0 Å². The quantitative estimate of drug-likeness (QED) is 0.767. The van der Waals surface area contributed by atoms with Gasteiger partial charge in [0.2, 0.25) is 5.91 Å². The van der Waals surface area contributed by atoms with Crippen molar-refractivity contribution in [1.29, 1.82) is 0 Å². The van der Waals surface area contributed by atoms with Crippen molar-refractivity contribution >= 4 is 17.8 Å². The lowest BCUT2D eigenvalue weighted by Gasteiger charge is -2.22. The van der Waals surface area contributed by atoms with Crippen molar-refractivity contribution in [3.8, 4) is 0 Å². The van der Waals surface area contributed by atoms with Gasteiger partial charge in [0.25, 0.3) is 5.91 Å². The minimum absolute atomic E-state index is 0.134. The van der Waals surface area contributed by atoms with Crippen LogP contribution in [0.4, 0.5) is 18.0 Å². The second-order valence-electron chi connectivity index (χ2n) is 6.44. The number of halogens is 3. The highest BCUT2D eigenvalue weighted by Crippen LogP contribution is 2.31. The number of nitrogens with one attached hydrogen (secondary N) is 2. The van der Waals surface area contributed by atoms with Gasteiger partial charge in [-0.15, -0.1) is 0 Å². The number of benzene rings is 2. The van der Waals surface area contributed by atoms with Crippen LogP contribution in [0.3, 0.4) is 0 Å². The molecule has 146 valence electrons. The van der Waals surface area contributed by atoms with E-state index in [1.165, 1.54) is 25.1 Å². The summed E-state index contributed by atoms with van der Waals surface area (Å²) in [7, 11) is 0. The molecule has 0 spiro atoms. The number of urea groups is 1. The van der Waals surface area contributed by atoms with E-state index in [4.69, 9.17) is 0 Å². The lowest BCUT2D eigenvalue weighted by Crippen LogP contribution is -2.43. The highest BCUT2D eigenvalue weighted by molar-refractivity contribution is 6.09. The minimum atomic E-state index is -1.85. The molecule has 1 aliphatic rings. The molecule has 1 aliphatic heterocycles. The van der Waals surface area contributed by atoms with Crippen LogP contribution >= 0.6 is 0 Å². The first kappa shape index (κ1) is 19.4. The minimum Gasteiger partial charge on any atom is -0.350 e. The van der Waals surface area contributed by atoms with Crippen molar-refractivity contribution in [1.82, 2.24) is 15.5 Å².